The van der Waals surface area contributed by atoms with Crippen LogP contribution in [0.1, 0.15) is 54.7 Å². The largest absolute Gasteiger partial charge is 0.396 e. The number of hydrogen-bond donors (Lipinski definition) is 2. The lowest BCUT2D eigenvalue weighted by atomic mass is 9.83. The fraction of sp³-hybridized carbons (Fsp3) is 0.714. The molecule has 0 saturated carbocycles. The predicted octanol–water partition coefficient (Wildman–Crippen LogP) is 2.62. The van der Waals surface area contributed by atoms with E-state index in [0.717, 1.165) is 30.7 Å². The molecule has 1 aromatic heterocycles. The quantitative estimate of drug-likeness (QED) is 0.771. The van der Waals surface area contributed by atoms with Gasteiger partial charge in [0, 0.05) is 12.0 Å². The van der Waals surface area contributed by atoms with Crippen LogP contribution in [0.25, 0.3) is 0 Å². The number of nitrogens with one attached hydrogen (secondary N) is 1. The van der Waals surface area contributed by atoms with Gasteiger partial charge in [0.05, 0.1) is 17.8 Å². The van der Waals surface area contributed by atoms with Crippen molar-refractivity contribution in [2.45, 2.75) is 46.5 Å². The number of thiazole rings is 1. The predicted molar refractivity (Wildman–Crippen MR) is 78.5 cm³/mol. The van der Waals surface area contributed by atoms with Crippen LogP contribution in [0.2, 0.25) is 0 Å². The maximum Gasteiger partial charge on any atom is 0.263 e. The summed E-state index contributed by atoms with van der Waals surface area (Å²) in [5.41, 5.74) is -0.202. The lowest BCUT2D eigenvalue weighted by Crippen LogP contribution is -2.39. The van der Waals surface area contributed by atoms with Crippen molar-refractivity contribution in [3.63, 3.8) is 0 Å². The molecule has 19 heavy (non-hydrogen) atoms. The Balaban J connectivity index is 2.58. The second kappa shape index (κ2) is 7.60. The molecule has 0 aliphatic heterocycles. The number of rotatable bonds is 8. The highest BCUT2D eigenvalue weighted by molar-refractivity contribution is 7.13. The highest BCUT2D eigenvalue weighted by Gasteiger charge is 2.26. The fourth-order valence-corrected chi connectivity index (χ4v) is 2.81. The summed E-state index contributed by atoms with van der Waals surface area (Å²) in [4.78, 5) is 16.9. The van der Waals surface area contributed by atoms with Gasteiger partial charge in [-0.1, -0.05) is 20.8 Å². The molecule has 1 rings (SSSR count). The first-order valence-corrected chi connectivity index (χ1v) is 7.76. The maximum absolute atomic E-state index is 12.0. The topological polar surface area (TPSA) is 62.2 Å². The Morgan fingerprint density at radius 2 is 2.11 bits per heavy atom. The molecule has 1 aromatic rings. The van der Waals surface area contributed by atoms with Crippen LogP contribution in [-0.2, 0) is 6.42 Å². The number of aliphatic hydroxyl groups is 1. The molecule has 2 N–H and O–H groups in total. The van der Waals surface area contributed by atoms with Gasteiger partial charge in [0.2, 0.25) is 0 Å². The highest BCUT2D eigenvalue weighted by atomic mass is 32.1. The Hall–Kier alpha value is -0.940. The number of carbonyl (C=O) groups excluding carboxylic acids is 1. The third-order valence-corrected chi connectivity index (χ3v) is 4.76. The van der Waals surface area contributed by atoms with Gasteiger partial charge in [0.15, 0.2) is 0 Å². The SMILES string of the molecule is CCCc1ncc(C(=O)NCC(CC)(CC)CO)s1. The molecule has 0 saturated heterocycles. The van der Waals surface area contributed by atoms with Gasteiger partial charge in [-0.3, -0.25) is 4.79 Å². The van der Waals surface area contributed by atoms with Crippen LogP contribution in [-0.4, -0.2) is 29.1 Å². The summed E-state index contributed by atoms with van der Waals surface area (Å²) in [5, 5.41) is 13.4. The number of amides is 1. The van der Waals surface area contributed by atoms with E-state index in [2.05, 4.69) is 17.2 Å². The minimum absolute atomic E-state index is 0.0837. The van der Waals surface area contributed by atoms with E-state index in [-0.39, 0.29) is 17.9 Å². The van der Waals surface area contributed by atoms with E-state index in [4.69, 9.17) is 0 Å². The minimum Gasteiger partial charge on any atom is -0.396 e. The summed E-state index contributed by atoms with van der Waals surface area (Å²) in [6.07, 6.45) is 5.30. The van der Waals surface area contributed by atoms with Crippen molar-refractivity contribution in [2.75, 3.05) is 13.2 Å². The molecule has 0 fully saturated rings. The van der Waals surface area contributed by atoms with Gasteiger partial charge in [-0.15, -0.1) is 11.3 Å². The average molecular weight is 284 g/mol. The molecule has 0 unspecified atom stereocenters. The van der Waals surface area contributed by atoms with E-state index < -0.39 is 0 Å². The summed E-state index contributed by atoms with van der Waals surface area (Å²) in [5.74, 6) is -0.0837. The number of nitrogens with zero attached hydrogens (tertiary/aromatic N) is 1. The standard InChI is InChI=1S/C14H24N2O2S/c1-4-7-12-15-8-11(19-12)13(18)16-9-14(5-2,6-3)10-17/h8,17H,4-7,9-10H2,1-3H3,(H,16,18). The lowest BCUT2D eigenvalue weighted by Gasteiger charge is -2.29. The van der Waals surface area contributed by atoms with Crippen LogP contribution in [0.15, 0.2) is 6.20 Å². The first-order chi connectivity index (χ1) is 9.10. The average Bonchev–Trinajstić information content (AvgIpc) is 2.90. The fourth-order valence-electron chi connectivity index (χ4n) is 1.88. The number of aryl methyl sites for hydroxylation is 1. The third-order valence-electron chi connectivity index (χ3n) is 3.70. The molecular weight excluding hydrogens is 260 g/mol. The van der Waals surface area contributed by atoms with E-state index in [0.29, 0.717) is 11.4 Å². The molecule has 4 nitrogen and oxygen atoms in total. The molecule has 0 bridgehead atoms. The smallest absolute Gasteiger partial charge is 0.263 e. The Kier molecular flexibility index (Phi) is 6.45. The van der Waals surface area contributed by atoms with Crippen molar-refractivity contribution in [3.8, 4) is 0 Å². The number of aromatic nitrogens is 1. The van der Waals surface area contributed by atoms with E-state index in [1.807, 2.05) is 13.8 Å². The molecule has 5 heteroatoms. The van der Waals surface area contributed by atoms with E-state index in [1.54, 1.807) is 6.20 Å². The van der Waals surface area contributed by atoms with E-state index in [1.165, 1.54) is 11.3 Å². The molecule has 0 spiro atoms. The second-order valence-corrected chi connectivity index (χ2v) is 6.03. The summed E-state index contributed by atoms with van der Waals surface area (Å²) in [6.45, 7) is 6.79. The lowest BCUT2D eigenvalue weighted by molar-refractivity contribution is 0.0854. The first kappa shape index (κ1) is 16.1. The monoisotopic (exact) mass is 284 g/mol. The number of carbonyl (C=O) groups is 1. The van der Waals surface area contributed by atoms with Crippen molar-refractivity contribution in [2.24, 2.45) is 5.41 Å². The van der Waals surface area contributed by atoms with E-state index in [9.17, 15) is 9.90 Å². The summed E-state index contributed by atoms with van der Waals surface area (Å²) in [7, 11) is 0. The molecule has 0 atom stereocenters. The van der Waals surface area contributed by atoms with Crippen LogP contribution in [0, 0.1) is 5.41 Å². The second-order valence-electron chi connectivity index (χ2n) is 4.92. The molecule has 0 radical (unpaired) electrons. The van der Waals surface area contributed by atoms with Gasteiger partial charge in [-0.05, 0) is 25.7 Å². The van der Waals surface area contributed by atoms with Crippen molar-refractivity contribution in [1.29, 1.82) is 0 Å². The zero-order valence-electron chi connectivity index (χ0n) is 12.0. The van der Waals surface area contributed by atoms with Crippen LogP contribution in [0.4, 0.5) is 0 Å². The number of aliphatic hydroxyl groups excluding tert-OH is 1. The zero-order chi connectivity index (χ0) is 14.3. The Morgan fingerprint density at radius 1 is 1.42 bits per heavy atom. The van der Waals surface area contributed by atoms with Gasteiger partial charge >= 0.3 is 0 Å². The minimum atomic E-state index is -0.202. The summed E-state index contributed by atoms with van der Waals surface area (Å²) < 4.78 is 0. The summed E-state index contributed by atoms with van der Waals surface area (Å²) >= 11 is 1.45. The molecule has 0 aliphatic rings. The highest BCUT2D eigenvalue weighted by Crippen LogP contribution is 2.24. The van der Waals surface area contributed by atoms with Crippen LogP contribution >= 0.6 is 11.3 Å². The van der Waals surface area contributed by atoms with Crippen molar-refractivity contribution in [3.05, 3.63) is 16.1 Å². The van der Waals surface area contributed by atoms with Gasteiger partial charge in [-0.2, -0.15) is 0 Å². The molecule has 0 aromatic carbocycles. The van der Waals surface area contributed by atoms with Gasteiger partial charge in [-0.25, -0.2) is 4.98 Å². The Morgan fingerprint density at radius 3 is 2.63 bits per heavy atom. The Bertz CT molecular complexity index is 392. The zero-order valence-corrected chi connectivity index (χ0v) is 12.8. The molecule has 108 valence electrons. The molecule has 1 heterocycles. The van der Waals surface area contributed by atoms with Crippen molar-refractivity contribution < 1.29 is 9.90 Å². The van der Waals surface area contributed by atoms with Crippen molar-refractivity contribution in [1.82, 2.24) is 10.3 Å². The molecular formula is C14H24N2O2S. The Labute approximate surface area is 119 Å². The van der Waals surface area contributed by atoms with Gasteiger partial charge < -0.3 is 10.4 Å². The number of hydrogen-bond acceptors (Lipinski definition) is 4. The normalized spacial score (nSPS) is 11.6. The molecule has 1 amide bonds. The van der Waals surface area contributed by atoms with Gasteiger partial charge in [0.25, 0.3) is 5.91 Å². The molecule has 0 aliphatic carbocycles. The van der Waals surface area contributed by atoms with Crippen LogP contribution in [0.5, 0.6) is 0 Å². The maximum atomic E-state index is 12.0. The van der Waals surface area contributed by atoms with E-state index >= 15 is 0 Å². The van der Waals surface area contributed by atoms with Crippen LogP contribution < -0.4 is 5.32 Å². The third kappa shape index (κ3) is 4.28. The van der Waals surface area contributed by atoms with Crippen molar-refractivity contribution >= 4 is 17.2 Å². The van der Waals surface area contributed by atoms with Crippen LogP contribution in [0.3, 0.4) is 0 Å². The van der Waals surface area contributed by atoms with Gasteiger partial charge in [0.1, 0.15) is 4.88 Å². The first-order valence-electron chi connectivity index (χ1n) is 6.94. The summed E-state index contributed by atoms with van der Waals surface area (Å²) in [6, 6.07) is 0.